The van der Waals surface area contributed by atoms with Crippen molar-refractivity contribution >= 4 is 11.7 Å². The van der Waals surface area contributed by atoms with Gasteiger partial charge in [0.2, 0.25) is 5.91 Å². The molecule has 0 saturated heterocycles. The molecule has 1 aromatic rings. The molecule has 1 rings (SSSR count). The van der Waals surface area contributed by atoms with Crippen LogP contribution < -0.4 is 11.1 Å². The summed E-state index contributed by atoms with van der Waals surface area (Å²) < 4.78 is 0. The number of nitrogens with zero attached hydrogens (tertiary/aromatic N) is 1. The fourth-order valence-corrected chi connectivity index (χ4v) is 1.46. The normalized spacial score (nSPS) is 12.2. The molecule has 88 valence electrons. The zero-order valence-corrected chi connectivity index (χ0v) is 9.86. The first-order valence-corrected chi connectivity index (χ1v) is 5.59. The molecule has 3 N–H and O–H groups in total. The average Bonchev–Trinajstić information content (AvgIpc) is 2.26. The van der Waals surface area contributed by atoms with Gasteiger partial charge in [0.15, 0.2) is 0 Å². The van der Waals surface area contributed by atoms with Crippen LogP contribution in [0.5, 0.6) is 0 Å². The molecule has 1 amide bonds. The van der Waals surface area contributed by atoms with Gasteiger partial charge in [0.1, 0.15) is 5.82 Å². The largest absolute Gasteiger partial charge is 0.330 e. The van der Waals surface area contributed by atoms with Gasteiger partial charge in [0.25, 0.3) is 0 Å². The number of anilines is 1. The Morgan fingerprint density at radius 1 is 1.56 bits per heavy atom. The maximum atomic E-state index is 11.6. The third-order valence-electron chi connectivity index (χ3n) is 2.54. The Kier molecular flexibility index (Phi) is 4.92. The summed E-state index contributed by atoms with van der Waals surface area (Å²) in [5.41, 5.74) is 6.45. The van der Waals surface area contributed by atoms with E-state index in [0.29, 0.717) is 18.8 Å². The Labute approximate surface area is 96.3 Å². The molecule has 4 nitrogen and oxygen atoms in total. The molecule has 0 spiro atoms. The quantitative estimate of drug-likeness (QED) is 0.795. The molecule has 0 aliphatic carbocycles. The highest BCUT2D eigenvalue weighted by atomic mass is 16.1. The number of hydrogen-bond acceptors (Lipinski definition) is 3. The number of carbonyl (C=O) groups is 1. The van der Waals surface area contributed by atoms with Crippen molar-refractivity contribution in [1.29, 1.82) is 0 Å². The van der Waals surface area contributed by atoms with E-state index in [1.165, 1.54) is 0 Å². The lowest BCUT2D eigenvalue weighted by atomic mass is 10.0. The van der Waals surface area contributed by atoms with Gasteiger partial charge in [-0.25, -0.2) is 4.98 Å². The van der Waals surface area contributed by atoms with E-state index >= 15 is 0 Å². The Morgan fingerprint density at radius 2 is 2.31 bits per heavy atom. The summed E-state index contributed by atoms with van der Waals surface area (Å²) in [5, 5.41) is 2.78. The van der Waals surface area contributed by atoms with Gasteiger partial charge in [-0.1, -0.05) is 19.4 Å². The smallest absolute Gasteiger partial charge is 0.225 e. The highest BCUT2D eigenvalue weighted by Gasteiger charge is 2.10. The lowest BCUT2D eigenvalue weighted by molar-refractivity contribution is -0.117. The van der Waals surface area contributed by atoms with Gasteiger partial charge in [-0.15, -0.1) is 0 Å². The van der Waals surface area contributed by atoms with Crippen LogP contribution in [-0.4, -0.2) is 17.4 Å². The third kappa shape index (κ3) is 3.98. The van der Waals surface area contributed by atoms with Crippen LogP contribution >= 0.6 is 0 Å². The van der Waals surface area contributed by atoms with Crippen molar-refractivity contribution in [1.82, 2.24) is 4.98 Å². The van der Waals surface area contributed by atoms with Crippen LogP contribution in [-0.2, 0) is 4.79 Å². The fraction of sp³-hybridized carbons (Fsp3) is 0.500. The molecule has 0 aromatic carbocycles. The van der Waals surface area contributed by atoms with E-state index in [1.54, 1.807) is 6.07 Å². The number of pyridine rings is 1. The van der Waals surface area contributed by atoms with Crippen molar-refractivity contribution < 1.29 is 4.79 Å². The molecule has 4 heteroatoms. The van der Waals surface area contributed by atoms with Gasteiger partial charge in [-0.3, -0.25) is 4.79 Å². The molecular formula is C12H19N3O. The van der Waals surface area contributed by atoms with E-state index in [-0.39, 0.29) is 11.8 Å². The lowest BCUT2D eigenvalue weighted by Crippen LogP contribution is -2.22. The molecule has 0 fully saturated rings. The second-order valence-corrected chi connectivity index (χ2v) is 3.93. The standard InChI is InChI=1S/C12H19N3O/c1-3-10(8-13)7-12(16)15-11-6-4-5-9(2)14-11/h4-6,10H,3,7-8,13H2,1-2H3,(H,14,15,16). The molecule has 1 atom stereocenters. The molecule has 0 aliphatic heterocycles. The van der Waals surface area contributed by atoms with Gasteiger partial charge >= 0.3 is 0 Å². The Balaban J connectivity index is 2.51. The zero-order valence-electron chi connectivity index (χ0n) is 9.86. The molecular weight excluding hydrogens is 202 g/mol. The first-order valence-electron chi connectivity index (χ1n) is 5.59. The summed E-state index contributed by atoms with van der Waals surface area (Å²) in [7, 11) is 0. The van der Waals surface area contributed by atoms with E-state index in [4.69, 9.17) is 5.73 Å². The van der Waals surface area contributed by atoms with E-state index in [2.05, 4.69) is 10.3 Å². The predicted molar refractivity (Wildman–Crippen MR) is 65.1 cm³/mol. The van der Waals surface area contributed by atoms with E-state index in [9.17, 15) is 4.79 Å². The Hall–Kier alpha value is -1.42. The maximum Gasteiger partial charge on any atom is 0.225 e. The number of hydrogen-bond donors (Lipinski definition) is 2. The van der Waals surface area contributed by atoms with Crippen LogP contribution in [0.3, 0.4) is 0 Å². The van der Waals surface area contributed by atoms with Crippen LogP contribution in [0.1, 0.15) is 25.5 Å². The van der Waals surface area contributed by atoms with Crippen molar-refractivity contribution in [2.75, 3.05) is 11.9 Å². The molecule has 0 saturated carbocycles. The monoisotopic (exact) mass is 221 g/mol. The zero-order chi connectivity index (χ0) is 12.0. The number of aromatic nitrogens is 1. The predicted octanol–water partition coefficient (Wildman–Crippen LogP) is 1.70. The SMILES string of the molecule is CCC(CN)CC(=O)Nc1cccc(C)n1. The van der Waals surface area contributed by atoms with Crippen molar-refractivity contribution in [3.8, 4) is 0 Å². The van der Waals surface area contributed by atoms with Crippen LogP contribution in [0.25, 0.3) is 0 Å². The summed E-state index contributed by atoms with van der Waals surface area (Å²) in [6.07, 6.45) is 1.38. The van der Waals surface area contributed by atoms with Gasteiger partial charge in [0.05, 0.1) is 0 Å². The molecule has 1 unspecified atom stereocenters. The Morgan fingerprint density at radius 3 is 2.88 bits per heavy atom. The molecule has 0 bridgehead atoms. The molecule has 1 heterocycles. The maximum absolute atomic E-state index is 11.6. The molecule has 0 radical (unpaired) electrons. The van der Waals surface area contributed by atoms with Gasteiger partial charge < -0.3 is 11.1 Å². The highest BCUT2D eigenvalue weighted by Crippen LogP contribution is 2.09. The number of amides is 1. The summed E-state index contributed by atoms with van der Waals surface area (Å²) in [5.74, 6) is 0.845. The van der Waals surface area contributed by atoms with Crippen LogP contribution in [0.15, 0.2) is 18.2 Å². The highest BCUT2D eigenvalue weighted by molar-refractivity contribution is 5.89. The molecule has 16 heavy (non-hydrogen) atoms. The molecule has 0 aliphatic rings. The van der Waals surface area contributed by atoms with E-state index in [1.807, 2.05) is 26.0 Å². The number of nitrogens with one attached hydrogen (secondary N) is 1. The fourth-order valence-electron chi connectivity index (χ4n) is 1.46. The van der Waals surface area contributed by atoms with E-state index < -0.39 is 0 Å². The second kappa shape index (κ2) is 6.23. The number of nitrogens with two attached hydrogens (primary N) is 1. The topological polar surface area (TPSA) is 68.0 Å². The first kappa shape index (κ1) is 12.6. The average molecular weight is 221 g/mol. The molecule has 1 aromatic heterocycles. The first-order chi connectivity index (χ1) is 7.65. The van der Waals surface area contributed by atoms with Gasteiger partial charge in [0, 0.05) is 12.1 Å². The van der Waals surface area contributed by atoms with Gasteiger partial charge in [-0.2, -0.15) is 0 Å². The minimum atomic E-state index is -0.0181. The van der Waals surface area contributed by atoms with Crippen molar-refractivity contribution in [3.63, 3.8) is 0 Å². The van der Waals surface area contributed by atoms with Crippen LogP contribution in [0.2, 0.25) is 0 Å². The third-order valence-corrected chi connectivity index (χ3v) is 2.54. The van der Waals surface area contributed by atoms with Crippen molar-refractivity contribution in [2.24, 2.45) is 11.7 Å². The number of aryl methyl sites for hydroxylation is 1. The summed E-state index contributed by atoms with van der Waals surface area (Å²) in [6.45, 7) is 4.48. The minimum Gasteiger partial charge on any atom is -0.330 e. The van der Waals surface area contributed by atoms with E-state index in [0.717, 1.165) is 12.1 Å². The summed E-state index contributed by atoms with van der Waals surface area (Å²) in [4.78, 5) is 15.9. The second-order valence-electron chi connectivity index (χ2n) is 3.93. The van der Waals surface area contributed by atoms with Crippen molar-refractivity contribution in [3.05, 3.63) is 23.9 Å². The van der Waals surface area contributed by atoms with Crippen LogP contribution in [0.4, 0.5) is 5.82 Å². The van der Waals surface area contributed by atoms with Crippen LogP contribution in [0, 0.1) is 12.8 Å². The minimum absolute atomic E-state index is 0.0181. The lowest BCUT2D eigenvalue weighted by Gasteiger charge is -2.11. The summed E-state index contributed by atoms with van der Waals surface area (Å²) >= 11 is 0. The van der Waals surface area contributed by atoms with Crippen molar-refractivity contribution in [2.45, 2.75) is 26.7 Å². The Bertz CT molecular complexity index is 348. The van der Waals surface area contributed by atoms with Gasteiger partial charge in [-0.05, 0) is 31.5 Å². The summed E-state index contributed by atoms with van der Waals surface area (Å²) in [6, 6.07) is 5.55. The number of rotatable bonds is 5. The number of carbonyl (C=O) groups excluding carboxylic acids is 1.